The van der Waals surface area contributed by atoms with Gasteiger partial charge in [-0.05, 0) is 31.8 Å². The highest BCUT2D eigenvalue weighted by atomic mass is 14.6. The first kappa shape index (κ1) is 8.38. The third-order valence-electron chi connectivity index (χ3n) is 2.19. The van der Waals surface area contributed by atoms with Crippen LogP contribution in [0.5, 0.6) is 0 Å². The summed E-state index contributed by atoms with van der Waals surface area (Å²) >= 11 is 0. The second-order valence-corrected chi connectivity index (χ2v) is 3.21. The van der Waals surface area contributed by atoms with Crippen LogP contribution in [-0.2, 0) is 0 Å². The fourth-order valence-corrected chi connectivity index (χ4v) is 1.64. The average Bonchev–Trinajstić information content (AvgIpc) is 2.40. The minimum Gasteiger partial charge on any atom is -0.399 e. The molecule has 1 fully saturated rings. The van der Waals surface area contributed by atoms with Crippen LogP contribution in [0.2, 0.25) is 0 Å². The van der Waals surface area contributed by atoms with Gasteiger partial charge in [0.15, 0.2) is 0 Å². The topological polar surface area (TPSA) is 26.0 Å². The molecule has 0 spiro atoms. The molecule has 0 atom stereocenters. The summed E-state index contributed by atoms with van der Waals surface area (Å²) in [5.74, 6) is 0.756. The molecule has 0 aromatic carbocycles. The van der Waals surface area contributed by atoms with Gasteiger partial charge >= 0.3 is 0 Å². The van der Waals surface area contributed by atoms with Crippen LogP contribution < -0.4 is 5.73 Å². The van der Waals surface area contributed by atoms with Crippen molar-refractivity contribution in [1.82, 2.24) is 0 Å². The Morgan fingerprint density at radius 3 is 2.55 bits per heavy atom. The molecular weight excluding hydrogens is 134 g/mol. The zero-order valence-electron chi connectivity index (χ0n) is 7.22. The molecule has 0 radical (unpaired) electrons. The maximum atomic E-state index is 5.74. The molecule has 1 aliphatic carbocycles. The number of rotatable bonds is 2. The maximum Gasteiger partial charge on any atom is 0.0272 e. The molecule has 1 rings (SSSR count). The molecule has 1 heteroatoms. The van der Waals surface area contributed by atoms with Crippen LogP contribution in [-0.4, -0.2) is 0 Å². The van der Waals surface area contributed by atoms with Gasteiger partial charge in [0.1, 0.15) is 0 Å². The highest BCUT2D eigenvalue weighted by Gasteiger charge is 2.11. The Hall–Kier alpha value is -0.720. The smallest absolute Gasteiger partial charge is 0.0272 e. The molecule has 0 aliphatic heterocycles. The van der Waals surface area contributed by atoms with E-state index in [4.69, 9.17) is 5.73 Å². The van der Waals surface area contributed by atoms with Gasteiger partial charge in [-0.15, -0.1) is 0 Å². The molecule has 0 aromatic rings. The second-order valence-electron chi connectivity index (χ2n) is 3.21. The minimum absolute atomic E-state index is 0.756. The van der Waals surface area contributed by atoms with E-state index >= 15 is 0 Å². The van der Waals surface area contributed by atoms with Gasteiger partial charge in [-0.1, -0.05) is 25.0 Å². The lowest BCUT2D eigenvalue weighted by atomic mass is 10.1. The van der Waals surface area contributed by atoms with E-state index < -0.39 is 0 Å². The molecule has 0 saturated heterocycles. The molecule has 1 aliphatic rings. The molecular formula is C10H17N. The van der Waals surface area contributed by atoms with Crippen LogP contribution in [0.3, 0.4) is 0 Å². The third kappa shape index (κ3) is 2.79. The lowest BCUT2D eigenvalue weighted by Gasteiger charge is -2.01. The highest BCUT2D eigenvalue weighted by molar-refractivity contribution is 5.15. The number of hydrogen-bond acceptors (Lipinski definition) is 1. The van der Waals surface area contributed by atoms with E-state index in [1.165, 1.54) is 25.7 Å². The van der Waals surface area contributed by atoms with Gasteiger partial charge in [-0.3, -0.25) is 0 Å². The molecule has 11 heavy (non-hydrogen) atoms. The monoisotopic (exact) mass is 151 g/mol. The van der Waals surface area contributed by atoms with Gasteiger partial charge in [-0.2, -0.15) is 0 Å². The normalized spacial score (nSPS) is 21.7. The van der Waals surface area contributed by atoms with Gasteiger partial charge < -0.3 is 5.73 Å². The minimum atomic E-state index is 0.756. The van der Waals surface area contributed by atoms with E-state index in [1.807, 2.05) is 19.1 Å². The summed E-state index contributed by atoms with van der Waals surface area (Å²) in [6.45, 7) is 2.00. The quantitative estimate of drug-likeness (QED) is 0.603. The lowest BCUT2D eigenvalue weighted by molar-refractivity contribution is 0.681. The zero-order valence-corrected chi connectivity index (χ0v) is 7.22. The fraction of sp³-hybridized carbons (Fsp3) is 0.600. The highest BCUT2D eigenvalue weighted by Crippen LogP contribution is 2.26. The third-order valence-corrected chi connectivity index (χ3v) is 2.19. The van der Waals surface area contributed by atoms with Crippen molar-refractivity contribution in [1.29, 1.82) is 0 Å². The summed E-state index contributed by atoms with van der Waals surface area (Å²) in [5.41, 5.74) is 6.67. The Labute approximate surface area is 69.0 Å². The van der Waals surface area contributed by atoms with E-state index in [2.05, 4.69) is 6.08 Å². The summed E-state index contributed by atoms with van der Waals surface area (Å²) < 4.78 is 0. The van der Waals surface area contributed by atoms with Crippen molar-refractivity contribution < 1.29 is 0 Å². The first-order chi connectivity index (χ1) is 5.33. The van der Waals surface area contributed by atoms with Gasteiger partial charge in [0.25, 0.3) is 0 Å². The van der Waals surface area contributed by atoms with Crippen LogP contribution in [0.25, 0.3) is 0 Å². The summed E-state index contributed by atoms with van der Waals surface area (Å²) in [7, 11) is 0. The fourth-order valence-electron chi connectivity index (χ4n) is 1.64. The van der Waals surface area contributed by atoms with E-state index in [1.54, 1.807) is 0 Å². The summed E-state index contributed by atoms with van der Waals surface area (Å²) in [4.78, 5) is 0. The Balaban J connectivity index is 2.42. The SMILES string of the molecule is C/C=C\C(N)=C/C1CCCC1. The maximum absolute atomic E-state index is 5.74. The Morgan fingerprint density at radius 2 is 2.00 bits per heavy atom. The second kappa shape index (κ2) is 4.22. The molecule has 0 amide bonds. The number of nitrogens with two attached hydrogens (primary N) is 1. The van der Waals surface area contributed by atoms with Gasteiger partial charge in [-0.25, -0.2) is 0 Å². The first-order valence-electron chi connectivity index (χ1n) is 4.43. The number of hydrogen-bond donors (Lipinski definition) is 1. The Kier molecular flexibility index (Phi) is 3.21. The van der Waals surface area contributed by atoms with E-state index in [9.17, 15) is 0 Å². The summed E-state index contributed by atoms with van der Waals surface area (Å²) in [6, 6.07) is 0. The lowest BCUT2D eigenvalue weighted by Crippen LogP contribution is -1.97. The standard InChI is InChI=1S/C10H17N/c1-2-5-10(11)8-9-6-3-4-7-9/h2,5,8-9H,3-4,6-7,11H2,1H3/b5-2-,10-8+. The molecule has 1 nitrogen and oxygen atoms in total. The van der Waals surface area contributed by atoms with Crippen LogP contribution in [0.1, 0.15) is 32.6 Å². The number of allylic oxidation sites excluding steroid dienone is 3. The van der Waals surface area contributed by atoms with Gasteiger partial charge in [0.05, 0.1) is 0 Å². The predicted molar refractivity (Wildman–Crippen MR) is 49.0 cm³/mol. The molecule has 1 saturated carbocycles. The van der Waals surface area contributed by atoms with Gasteiger partial charge in [0, 0.05) is 5.70 Å². The van der Waals surface area contributed by atoms with E-state index in [0.717, 1.165) is 11.6 Å². The Morgan fingerprint density at radius 1 is 1.36 bits per heavy atom. The van der Waals surface area contributed by atoms with Crippen molar-refractivity contribution in [3.63, 3.8) is 0 Å². The van der Waals surface area contributed by atoms with Crippen LogP contribution >= 0.6 is 0 Å². The van der Waals surface area contributed by atoms with Crippen molar-refractivity contribution in [2.45, 2.75) is 32.6 Å². The van der Waals surface area contributed by atoms with Crippen LogP contribution in [0, 0.1) is 5.92 Å². The van der Waals surface area contributed by atoms with Crippen LogP contribution in [0.15, 0.2) is 23.9 Å². The molecule has 62 valence electrons. The predicted octanol–water partition coefficient (Wildman–Crippen LogP) is 2.60. The van der Waals surface area contributed by atoms with E-state index in [-0.39, 0.29) is 0 Å². The zero-order chi connectivity index (χ0) is 8.10. The van der Waals surface area contributed by atoms with Crippen molar-refractivity contribution >= 4 is 0 Å². The van der Waals surface area contributed by atoms with Crippen molar-refractivity contribution in [3.8, 4) is 0 Å². The Bertz CT molecular complexity index is 162. The van der Waals surface area contributed by atoms with E-state index in [0.29, 0.717) is 0 Å². The van der Waals surface area contributed by atoms with Crippen LogP contribution in [0.4, 0.5) is 0 Å². The first-order valence-corrected chi connectivity index (χ1v) is 4.43. The molecule has 0 bridgehead atoms. The van der Waals surface area contributed by atoms with Crippen molar-refractivity contribution in [2.24, 2.45) is 11.7 Å². The largest absolute Gasteiger partial charge is 0.399 e. The average molecular weight is 151 g/mol. The molecule has 0 unspecified atom stereocenters. The molecule has 2 N–H and O–H groups in total. The molecule has 0 aromatic heterocycles. The molecule has 0 heterocycles. The summed E-state index contributed by atoms with van der Waals surface area (Å²) in [5, 5.41) is 0. The van der Waals surface area contributed by atoms with Gasteiger partial charge in [0.2, 0.25) is 0 Å². The summed E-state index contributed by atoms with van der Waals surface area (Å²) in [6.07, 6.45) is 11.6. The van der Waals surface area contributed by atoms with Crippen molar-refractivity contribution in [2.75, 3.05) is 0 Å². The van der Waals surface area contributed by atoms with Crippen molar-refractivity contribution in [3.05, 3.63) is 23.9 Å².